The molecule has 9 heteroatoms. The summed E-state index contributed by atoms with van der Waals surface area (Å²) in [6, 6.07) is 11.1. The highest BCUT2D eigenvalue weighted by molar-refractivity contribution is 6.31. The molecule has 0 bridgehead atoms. The fraction of sp³-hybridized carbons (Fsp3) is 0.519. The predicted octanol–water partition coefficient (Wildman–Crippen LogP) is 6.99. The molecule has 0 radical (unpaired) electrons. The van der Waals surface area contributed by atoms with E-state index in [0.717, 1.165) is 63.5 Å². The van der Waals surface area contributed by atoms with Gasteiger partial charge < -0.3 is 20.9 Å². The lowest BCUT2D eigenvalue weighted by molar-refractivity contribution is -0.137. The Morgan fingerprint density at radius 2 is 1.81 bits per heavy atom. The van der Waals surface area contributed by atoms with Gasteiger partial charge in [0.05, 0.1) is 10.6 Å². The van der Waals surface area contributed by atoms with Crippen molar-refractivity contribution in [2.75, 3.05) is 37.2 Å². The van der Waals surface area contributed by atoms with Crippen LogP contribution in [0.4, 0.5) is 29.3 Å². The molecule has 3 N–H and O–H groups in total. The van der Waals surface area contributed by atoms with E-state index in [1.165, 1.54) is 30.5 Å². The number of nitrogens with zero attached hydrogens (tertiary/aromatic N) is 2. The van der Waals surface area contributed by atoms with E-state index >= 15 is 0 Å². The summed E-state index contributed by atoms with van der Waals surface area (Å²) in [5.41, 5.74) is 7.07. The van der Waals surface area contributed by atoms with Gasteiger partial charge in [0.25, 0.3) is 0 Å². The third kappa shape index (κ3) is 6.85. The number of carbonyl (C=O) groups is 1. The van der Waals surface area contributed by atoms with E-state index in [0.29, 0.717) is 12.5 Å². The van der Waals surface area contributed by atoms with Crippen LogP contribution >= 0.6 is 11.6 Å². The van der Waals surface area contributed by atoms with Gasteiger partial charge in [-0.1, -0.05) is 23.7 Å². The van der Waals surface area contributed by atoms with Gasteiger partial charge in [0, 0.05) is 24.0 Å². The molecule has 1 aliphatic carbocycles. The number of likely N-dealkylation sites (tertiary alicyclic amines) is 1. The van der Waals surface area contributed by atoms with Gasteiger partial charge in [0.2, 0.25) is 0 Å². The third-order valence-corrected chi connectivity index (χ3v) is 7.71. The number of halogens is 4. The van der Waals surface area contributed by atoms with Crippen molar-refractivity contribution in [1.29, 1.82) is 0 Å². The van der Waals surface area contributed by atoms with Gasteiger partial charge in [-0.2, -0.15) is 13.2 Å². The van der Waals surface area contributed by atoms with Crippen LogP contribution in [0.1, 0.15) is 62.0 Å². The number of benzene rings is 2. The Kier molecular flexibility index (Phi) is 8.67. The SMILES string of the molecule is Nc1cccc([C@H]2CC[C@H](N(CCCN3CCCC3)C(=O)Nc3ccc(Cl)c(C(F)(F)F)c3)CC2)c1. The maximum Gasteiger partial charge on any atom is 0.417 e. The molecule has 36 heavy (non-hydrogen) atoms. The van der Waals surface area contributed by atoms with Crippen molar-refractivity contribution in [3.8, 4) is 0 Å². The van der Waals surface area contributed by atoms with Crippen molar-refractivity contribution < 1.29 is 18.0 Å². The van der Waals surface area contributed by atoms with Crippen molar-refractivity contribution in [2.24, 2.45) is 0 Å². The number of rotatable bonds is 7. The van der Waals surface area contributed by atoms with E-state index < -0.39 is 11.7 Å². The molecule has 0 unspecified atom stereocenters. The van der Waals surface area contributed by atoms with Crippen LogP contribution in [0, 0.1) is 0 Å². The van der Waals surface area contributed by atoms with Crippen LogP contribution in [0.5, 0.6) is 0 Å². The number of amides is 2. The summed E-state index contributed by atoms with van der Waals surface area (Å²) < 4.78 is 39.9. The van der Waals surface area contributed by atoms with Crippen LogP contribution in [-0.2, 0) is 6.18 Å². The fourth-order valence-corrected chi connectivity index (χ4v) is 5.69. The molecule has 2 fully saturated rings. The Balaban J connectivity index is 1.44. The Labute approximate surface area is 215 Å². The zero-order chi connectivity index (χ0) is 25.7. The lowest BCUT2D eigenvalue weighted by Crippen LogP contribution is -2.45. The molecule has 4 rings (SSSR count). The minimum atomic E-state index is -4.59. The highest BCUT2D eigenvalue weighted by Crippen LogP contribution is 2.37. The van der Waals surface area contributed by atoms with Crippen LogP contribution in [0.15, 0.2) is 42.5 Å². The molecule has 1 saturated heterocycles. The topological polar surface area (TPSA) is 61.6 Å². The average molecular weight is 523 g/mol. The normalized spacial score (nSPS) is 20.9. The first-order valence-electron chi connectivity index (χ1n) is 12.7. The van der Waals surface area contributed by atoms with Gasteiger partial charge in [-0.15, -0.1) is 0 Å². The first-order valence-corrected chi connectivity index (χ1v) is 13.1. The number of nitrogens with one attached hydrogen (secondary N) is 1. The largest absolute Gasteiger partial charge is 0.417 e. The third-order valence-electron chi connectivity index (χ3n) is 7.38. The van der Waals surface area contributed by atoms with Gasteiger partial charge in [0.15, 0.2) is 0 Å². The number of anilines is 2. The number of alkyl halides is 3. The summed E-state index contributed by atoms with van der Waals surface area (Å²) in [6.07, 6.45) is 2.19. The summed E-state index contributed by atoms with van der Waals surface area (Å²) >= 11 is 5.75. The standard InChI is InChI=1S/C27H34ClF3N4O/c28-25-12-9-22(18-24(25)27(29,30)31)33-26(36)35(16-4-15-34-13-1-2-14-34)23-10-7-19(8-11-23)20-5-3-6-21(32)17-20/h3,5-6,9,12,17-19,23H,1-2,4,7-8,10-11,13-16,32H2,(H,33,36)/t19-,23-. The average Bonchev–Trinajstić information content (AvgIpc) is 3.36. The zero-order valence-corrected chi connectivity index (χ0v) is 21.1. The summed E-state index contributed by atoms with van der Waals surface area (Å²) in [7, 11) is 0. The molecule has 2 aliphatic rings. The fourth-order valence-electron chi connectivity index (χ4n) is 5.47. The van der Waals surface area contributed by atoms with E-state index in [4.69, 9.17) is 17.3 Å². The maximum atomic E-state index is 13.4. The smallest absolute Gasteiger partial charge is 0.399 e. The molecule has 0 atom stereocenters. The minimum Gasteiger partial charge on any atom is -0.399 e. The summed E-state index contributed by atoms with van der Waals surface area (Å²) in [4.78, 5) is 17.6. The summed E-state index contributed by atoms with van der Waals surface area (Å²) in [5, 5.41) is 2.32. The van der Waals surface area contributed by atoms with Crippen LogP contribution in [0.3, 0.4) is 0 Å². The quantitative estimate of drug-likeness (QED) is 0.385. The highest BCUT2D eigenvalue weighted by atomic mass is 35.5. The molecule has 0 spiro atoms. The molecule has 2 aromatic carbocycles. The Morgan fingerprint density at radius 3 is 2.47 bits per heavy atom. The lowest BCUT2D eigenvalue weighted by Gasteiger charge is -2.37. The first-order chi connectivity index (χ1) is 17.2. The van der Waals surface area contributed by atoms with Crippen molar-refractivity contribution in [3.05, 3.63) is 58.6 Å². The van der Waals surface area contributed by atoms with E-state index in [1.54, 1.807) is 0 Å². The number of urea groups is 1. The van der Waals surface area contributed by atoms with Gasteiger partial charge in [-0.25, -0.2) is 4.79 Å². The van der Waals surface area contributed by atoms with E-state index in [9.17, 15) is 18.0 Å². The molecular weight excluding hydrogens is 489 g/mol. The molecule has 2 aromatic rings. The Bertz CT molecular complexity index is 1030. The number of nitrogen functional groups attached to an aromatic ring is 1. The number of nitrogens with two attached hydrogens (primary N) is 1. The summed E-state index contributed by atoms with van der Waals surface area (Å²) in [5.74, 6) is 0.393. The van der Waals surface area contributed by atoms with E-state index in [-0.39, 0.29) is 22.8 Å². The zero-order valence-electron chi connectivity index (χ0n) is 20.4. The Morgan fingerprint density at radius 1 is 1.08 bits per heavy atom. The maximum absolute atomic E-state index is 13.4. The molecule has 1 saturated carbocycles. The van der Waals surface area contributed by atoms with Crippen LogP contribution in [-0.4, -0.2) is 48.1 Å². The second-order valence-electron chi connectivity index (χ2n) is 9.89. The second-order valence-corrected chi connectivity index (χ2v) is 10.3. The number of hydrogen-bond acceptors (Lipinski definition) is 3. The van der Waals surface area contributed by atoms with Crippen molar-refractivity contribution in [1.82, 2.24) is 9.80 Å². The molecular formula is C27H34ClF3N4O. The monoisotopic (exact) mass is 522 g/mol. The van der Waals surface area contributed by atoms with Gasteiger partial charge in [-0.05, 0) is 106 Å². The highest BCUT2D eigenvalue weighted by Gasteiger charge is 2.34. The molecule has 0 aromatic heterocycles. The van der Waals surface area contributed by atoms with Crippen LogP contribution < -0.4 is 11.1 Å². The molecule has 5 nitrogen and oxygen atoms in total. The van der Waals surface area contributed by atoms with Crippen LogP contribution in [0.2, 0.25) is 5.02 Å². The molecule has 1 heterocycles. The minimum absolute atomic E-state index is 0.0373. The van der Waals surface area contributed by atoms with Gasteiger partial charge in [-0.3, -0.25) is 0 Å². The molecule has 196 valence electrons. The first kappa shape index (κ1) is 26.6. The Hall–Kier alpha value is -2.45. The van der Waals surface area contributed by atoms with Crippen molar-refractivity contribution in [2.45, 2.75) is 63.1 Å². The predicted molar refractivity (Wildman–Crippen MR) is 138 cm³/mol. The van der Waals surface area contributed by atoms with E-state index in [1.807, 2.05) is 23.1 Å². The number of hydrogen-bond donors (Lipinski definition) is 2. The van der Waals surface area contributed by atoms with E-state index in [2.05, 4.69) is 16.3 Å². The molecule has 2 amide bonds. The van der Waals surface area contributed by atoms with Gasteiger partial charge >= 0.3 is 12.2 Å². The lowest BCUT2D eigenvalue weighted by atomic mass is 9.81. The number of carbonyl (C=O) groups excluding carboxylic acids is 1. The van der Waals surface area contributed by atoms with Crippen molar-refractivity contribution in [3.63, 3.8) is 0 Å². The van der Waals surface area contributed by atoms with Crippen molar-refractivity contribution >= 4 is 29.0 Å². The summed E-state index contributed by atoms with van der Waals surface area (Å²) in [6.45, 7) is 3.66. The van der Waals surface area contributed by atoms with Crippen LogP contribution in [0.25, 0.3) is 0 Å². The molecule has 1 aliphatic heterocycles. The second kappa shape index (κ2) is 11.7. The van der Waals surface area contributed by atoms with Gasteiger partial charge in [0.1, 0.15) is 0 Å².